The summed E-state index contributed by atoms with van der Waals surface area (Å²) in [5, 5.41) is 0. The quantitative estimate of drug-likeness (QED) is 0.546. The first-order valence-electron chi connectivity index (χ1n) is 5.33. The highest BCUT2D eigenvalue weighted by Crippen LogP contribution is 2.19. The van der Waals surface area contributed by atoms with Gasteiger partial charge in [0.05, 0.1) is 14.2 Å². The topological polar surface area (TPSA) is 71.1 Å². The molecule has 1 aliphatic carbocycles. The highest BCUT2D eigenvalue weighted by atomic mass is 16.7. The van der Waals surface area contributed by atoms with E-state index in [-0.39, 0.29) is 0 Å². The molecule has 0 spiro atoms. The summed E-state index contributed by atoms with van der Waals surface area (Å²) < 4.78 is 18.9. The van der Waals surface area contributed by atoms with Crippen LogP contribution in [0.4, 0.5) is 9.59 Å². The molecule has 2 atom stereocenters. The Morgan fingerprint density at radius 1 is 1.12 bits per heavy atom. The molecular formula is C11H16O6. The predicted octanol–water partition coefficient (Wildman–Crippen LogP) is 2.03. The molecule has 1 aliphatic rings. The van der Waals surface area contributed by atoms with Gasteiger partial charge in [0.2, 0.25) is 0 Å². The number of allylic oxidation sites excluding steroid dienone is 1. The molecule has 0 bridgehead atoms. The van der Waals surface area contributed by atoms with Gasteiger partial charge >= 0.3 is 12.3 Å². The maximum Gasteiger partial charge on any atom is 0.508 e. The average molecular weight is 244 g/mol. The highest BCUT2D eigenvalue weighted by molar-refractivity contribution is 5.61. The van der Waals surface area contributed by atoms with E-state index >= 15 is 0 Å². The zero-order chi connectivity index (χ0) is 12.7. The third-order valence-corrected chi connectivity index (χ3v) is 2.36. The minimum Gasteiger partial charge on any atom is -0.438 e. The number of methoxy groups -OCH3 is 2. The first-order chi connectivity index (χ1) is 8.17. The van der Waals surface area contributed by atoms with Crippen LogP contribution in [0.3, 0.4) is 0 Å². The number of hydrogen-bond acceptors (Lipinski definition) is 6. The van der Waals surface area contributed by atoms with Crippen molar-refractivity contribution in [3.05, 3.63) is 12.2 Å². The second-order valence-corrected chi connectivity index (χ2v) is 3.51. The van der Waals surface area contributed by atoms with Crippen LogP contribution in [-0.2, 0) is 18.9 Å². The molecule has 0 heterocycles. The van der Waals surface area contributed by atoms with Crippen LogP contribution >= 0.6 is 0 Å². The van der Waals surface area contributed by atoms with Crippen molar-refractivity contribution in [1.82, 2.24) is 0 Å². The van der Waals surface area contributed by atoms with Gasteiger partial charge in [-0.1, -0.05) is 6.08 Å². The predicted molar refractivity (Wildman–Crippen MR) is 57.5 cm³/mol. The van der Waals surface area contributed by atoms with E-state index in [0.717, 1.165) is 12.8 Å². The summed E-state index contributed by atoms with van der Waals surface area (Å²) in [6.45, 7) is 0. The molecule has 0 aromatic rings. The molecule has 0 amide bonds. The second kappa shape index (κ2) is 6.78. The molecule has 6 nitrogen and oxygen atoms in total. The minimum absolute atomic E-state index is 0.541. The van der Waals surface area contributed by atoms with Gasteiger partial charge in [-0.15, -0.1) is 0 Å². The largest absolute Gasteiger partial charge is 0.508 e. The van der Waals surface area contributed by atoms with E-state index in [1.54, 1.807) is 6.08 Å². The van der Waals surface area contributed by atoms with Gasteiger partial charge in [0.25, 0.3) is 0 Å². The van der Waals surface area contributed by atoms with Crippen LogP contribution in [-0.4, -0.2) is 38.7 Å². The van der Waals surface area contributed by atoms with E-state index in [9.17, 15) is 9.59 Å². The van der Waals surface area contributed by atoms with Crippen molar-refractivity contribution in [3.63, 3.8) is 0 Å². The molecule has 0 fully saturated rings. The lowest BCUT2D eigenvalue weighted by molar-refractivity contribution is -0.0336. The smallest absolute Gasteiger partial charge is 0.438 e. The van der Waals surface area contributed by atoms with Gasteiger partial charge in [-0.3, -0.25) is 0 Å². The van der Waals surface area contributed by atoms with Crippen molar-refractivity contribution in [1.29, 1.82) is 0 Å². The molecule has 96 valence electrons. The fourth-order valence-corrected chi connectivity index (χ4v) is 1.53. The number of hydrogen-bond donors (Lipinski definition) is 0. The van der Waals surface area contributed by atoms with Crippen LogP contribution in [0.2, 0.25) is 0 Å². The molecule has 0 aromatic carbocycles. The fourth-order valence-electron chi connectivity index (χ4n) is 1.53. The Balaban J connectivity index is 2.64. The van der Waals surface area contributed by atoms with E-state index in [1.165, 1.54) is 14.2 Å². The summed E-state index contributed by atoms with van der Waals surface area (Å²) >= 11 is 0. The zero-order valence-electron chi connectivity index (χ0n) is 9.88. The first-order valence-corrected chi connectivity index (χ1v) is 5.33. The normalized spacial score (nSPS) is 23.4. The molecule has 17 heavy (non-hydrogen) atoms. The van der Waals surface area contributed by atoms with Crippen molar-refractivity contribution in [3.8, 4) is 0 Å². The molecule has 0 N–H and O–H groups in total. The van der Waals surface area contributed by atoms with Crippen molar-refractivity contribution in [2.24, 2.45) is 0 Å². The van der Waals surface area contributed by atoms with Gasteiger partial charge in [-0.25, -0.2) is 9.59 Å². The lowest BCUT2D eigenvalue weighted by Gasteiger charge is -2.22. The standard InChI is InChI=1S/C11H16O6/c1-14-10(12)16-8-6-4-3-5-7-9(8)17-11(13)15-2/h4,6,8-9H,3,5,7H2,1-2H3. The Kier molecular flexibility index (Phi) is 5.32. The van der Waals surface area contributed by atoms with Crippen LogP contribution in [0.5, 0.6) is 0 Å². The number of carbonyl (C=O) groups excluding carboxylic acids is 2. The Hall–Kier alpha value is -1.72. The summed E-state index contributed by atoms with van der Waals surface area (Å²) in [7, 11) is 2.45. The fraction of sp³-hybridized carbons (Fsp3) is 0.636. The van der Waals surface area contributed by atoms with E-state index in [4.69, 9.17) is 9.47 Å². The summed E-state index contributed by atoms with van der Waals surface area (Å²) in [6.07, 6.45) is 3.10. The van der Waals surface area contributed by atoms with E-state index in [2.05, 4.69) is 9.47 Å². The van der Waals surface area contributed by atoms with Crippen LogP contribution in [0.1, 0.15) is 19.3 Å². The van der Waals surface area contributed by atoms with Crippen molar-refractivity contribution in [2.75, 3.05) is 14.2 Å². The summed E-state index contributed by atoms with van der Waals surface area (Å²) in [6, 6.07) is 0. The third-order valence-electron chi connectivity index (χ3n) is 2.36. The number of rotatable bonds is 2. The molecule has 2 unspecified atom stereocenters. The molecule has 0 radical (unpaired) electrons. The van der Waals surface area contributed by atoms with Crippen LogP contribution in [0.15, 0.2) is 12.2 Å². The van der Waals surface area contributed by atoms with E-state index in [0.29, 0.717) is 6.42 Å². The monoisotopic (exact) mass is 244 g/mol. The summed E-state index contributed by atoms with van der Waals surface area (Å²) in [5.74, 6) is 0. The first kappa shape index (κ1) is 13.3. The molecular weight excluding hydrogens is 228 g/mol. The van der Waals surface area contributed by atoms with E-state index in [1.807, 2.05) is 6.08 Å². The van der Waals surface area contributed by atoms with Crippen LogP contribution in [0, 0.1) is 0 Å². The lowest BCUT2D eigenvalue weighted by Crippen LogP contribution is -2.33. The Bertz CT molecular complexity index is 298. The average Bonchev–Trinajstić information content (AvgIpc) is 2.55. The van der Waals surface area contributed by atoms with Gasteiger partial charge in [0.15, 0.2) is 6.10 Å². The van der Waals surface area contributed by atoms with Gasteiger partial charge in [0.1, 0.15) is 6.10 Å². The minimum atomic E-state index is -0.806. The Labute approximate surface area is 99.5 Å². The SMILES string of the molecule is COC(=O)OC1C=CCCCC1OC(=O)OC. The zero-order valence-corrected chi connectivity index (χ0v) is 9.88. The van der Waals surface area contributed by atoms with Gasteiger partial charge in [-0.05, 0) is 25.3 Å². The van der Waals surface area contributed by atoms with Crippen molar-refractivity contribution < 1.29 is 28.5 Å². The molecule has 6 heteroatoms. The highest BCUT2D eigenvalue weighted by Gasteiger charge is 2.28. The van der Waals surface area contributed by atoms with E-state index < -0.39 is 24.5 Å². The van der Waals surface area contributed by atoms with Crippen molar-refractivity contribution in [2.45, 2.75) is 31.5 Å². The molecule has 0 aromatic heterocycles. The molecule has 0 saturated carbocycles. The molecule has 1 rings (SSSR count). The summed E-state index contributed by atoms with van der Waals surface area (Å²) in [5.41, 5.74) is 0. The number of carbonyl (C=O) groups is 2. The Morgan fingerprint density at radius 3 is 2.41 bits per heavy atom. The van der Waals surface area contributed by atoms with Crippen LogP contribution in [0.25, 0.3) is 0 Å². The molecule has 0 saturated heterocycles. The maximum absolute atomic E-state index is 11.1. The number of ether oxygens (including phenoxy) is 4. The lowest BCUT2D eigenvalue weighted by atomic mass is 10.1. The third kappa shape index (κ3) is 4.34. The Morgan fingerprint density at radius 2 is 1.76 bits per heavy atom. The molecule has 0 aliphatic heterocycles. The summed E-state index contributed by atoms with van der Waals surface area (Å²) in [4.78, 5) is 22.1. The van der Waals surface area contributed by atoms with Crippen LogP contribution < -0.4 is 0 Å². The van der Waals surface area contributed by atoms with Gasteiger partial charge in [0, 0.05) is 0 Å². The van der Waals surface area contributed by atoms with Crippen molar-refractivity contribution >= 4 is 12.3 Å². The maximum atomic E-state index is 11.1. The van der Waals surface area contributed by atoms with Gasteiger partial charge in [-0.2, -0.15) is 0 Å². The van der Waals surface area contributed by atoms with Gasteiger partial charge < -0.3 is 18.9 Å². The second-order valence-electron chi connectivity index (χ2n) is 3.51.